The van der Waals surface area contributed by atoms with Crippen molar-refractivity contribution in [3.8, 4) is 11.5 Å². The molecule has 0 bridgehead atoms. The second-order valence-electron chi connectivity index (χ2n) is 8.31. The van der Waals surface area contributed by atoms with Gasteiger partial charge in [-0.3, -0.25) is 14.5 Å². The Kier molecular flexibility index (Phi) is 6.95. The van der Waals surface area contributed by atoms with Gasteiger partial charge in [0.25, 0.3) is 5.91 Å². The SMILES string of the molecule is CCC1CN(CCNC(=O)c2cccc(N3CCCC3=O)c2)Cc2cc(OC)ccc2O1. The van der Waals surface area contributed by atoms with E-state index in [4.69, 9.17) is 9.47 Å². The first-order chi connectivity index (χ1) is 15.6. The van der Waals surface area contributed by atoms with Gasteiger partial charge < -0.3 is 19.7 Å². The second kappa shape index (κ2) is 10.0. The summed E-state index contributed by atoms with van der Waals surface area (Å²) in [5.74, 6) is 1.70. The lowest BCUT2D eigenvalue weighted by Crippen LogP contribution is -2.38. The van der Waals surface area contributed by atoms with Gasteiger partial charge in [-0.25, -0.2) is 0 Å². The zero-order valence-corrected chi connectivity index (χ0v) is 18.8. The van der Waals surface area contributed by atoms with E-state index < -0.39 is 0 Å². The zero-order valence-electron chi connectivity index (χ0n) is 18.8. The van der Waals surface area contributed by atoms with Gasteiger partial charge in [-0.2, -0.15) is 0 Å². The molecule has 1 atom stereocenters. The summed E-state index contributed by atoms with van der Waals surface area (Å²) in [5.41, 5.74) is 2.46. The van der Waals surface area contributed by atoms with Crippen LogP contribution in [-0.4, -0.2) is 56.1 Å². The van der Waals surface area contributed by atoms with Gasteiger partial charge in [-0.1, -0.05) is 13.0 Å². The summed E-state index contributed by atoms with van der Waals surface area (Å²) < 4.78 is 11.6. The molecule has 32 heavy (non-hydrogen) atoms. The molecule has 2 aromatic rings. The fourth-order valence-corrected chi connectivity index (χ4v) is 4.28. The van der Waals surface area contributed by atoms with Crippen LogP contribution in [0.4, 0.5) is 5.69 Å². The number of methoxy groups -OCH3 is 1. The van der Waals surface area contributed by atoms with E-state index in [-0.39, 0.29) is 17.9 Å². The maximum Gasteiger partial charge on any atom is 0.251 e. The average Bonchev–Trinajstić information content (AvgIpc) is 3.16. The van der Waals surface area contributed by atoms with Crippen LogP contribution in [0.15, 0.2) is 42.5 Å². The highest BCUT2D eigenvalue weighted by Crippen LogP contribution is 2.29. The summed E-state index contributed by atoms with van der Waals surface area (Å²) in [6, 6.07) is 13.2. The van der Waals surface area contributed by atoms with Crippen molar-refractivity contribution < 1.29 is 19.1 Å². The van der Waals surface area contributed by atoms with E-state index in [1.54, 1.807) is 24.1 Å². The smallest absolute Gasteiger partial charge is 0.251 e. The molecule has 0 radical (unpaired) electrons. The van der Waals surface area contributed by atoms with Gasteiger partial charge in [0.15, 0.2) is 0 Å². The fourth-order valence-electron chi connectivity index (χ4n) is 4.28. The predicted octanol–water partition coefficient (Wildman–Crippen LogP) is 3.23. The van der Waals surface area contributed by atoms with Gasteiger partial charge in [0.2, 0.25) is 5.91 Å². The molecular weight excluding hydrogens is 406 g/mol. The summed E-state index contributed by atoms with van der Waals surface area (Å²) in [6.07, 6.45) is 2.46. The minimum Gasteiger partial charge on any atom is -0.497 e. The van der Waals surface area contributed by atoms with Gasteiger partial charge >= 0.3 is 0 Å². The third kappa shape index (κ3) is 5.05. The van der Waals surface area contributed by atoms with E-state index in [9.17, 15) is 9.59 Å². The number of nitrogens with one attached hydrogen (secondary N) is 1. The summed E-state index contributed by atoms with van der Waals surface area (Å²) in [4.78, 5) is 28.8. The minimum atomic E-state index is -0.126. The molecule has 170 valence electrons. The first-order valence-electron chi connectivity index (χ1n) is 11.3. The van der Waals surface area contributed by atoms with Crippen molar-refractivity contribution in [3.63, 3.8) is 0 Å². The summed E-state index contributed by atoms with van der Waals surface area (Å²) >= 11 is 0. The normalized spacial score (nSPS) is 18.6. The number of carbonyl (C=O) groups is 2. The standard InChI is InChI=1S/C25H31N3O4/c1-3-21-17-27(16-19-15-22(31-2)9-10-23(19)32-21)13-11-26-25(30)18-6-4-7-20(14-18)28-12-5-8-24(28)29/h4,6-7,9-10,14-15,21H,3,5,8,11-13,16-17H2,1-2H3,(H,26,30). The highest BCUT2D eigenvalue weighted by atomic mass is 16.5. The Morgan fingerprint density at radius 3 is 2.88 bits per heavy atom. The number of rotatable bonds is 7. The first-order valence-corrected chi connectivity index (χ1v) is 11.3. The number of carbonyl (C=O) groups excluding carboxylic acids is 2. The predicted molar refractivity (Wildman–Crippen MR) is 123 cm³/mol. The van der Waals surface area contributed by atoms with Crippen molar-refractivity contribution in [1.29, 1.82) is 0 Å². The molecule has 1 unspecified atom stereocenters. The largest absolute Gasteiger partial charge is 0.497 e. The van der Waals surface area contributed by atoms with Crippen LogP contribution >= 0.6 is 0 Å². The van der Waals surface area contributed by atoms with Gasteiger partial charge in [-0.15, -0.1) is 0 Å². The van der Waals surface area contributed by atoms with Crippen LogP contribution < -0.4 is 19.7 Å². The molecule has 0 spiro atoms. The van der Waals surface area contributed by atoms with Crippen molar-refractivity contribution in [2.75, 3.05) is 38.2 Å². The van der Waals surface area contributed by atoms with Crippen LogP contribution in [0.5, 0.6) is 11.5 Å². The molecule has 1 N–H and O–H groups in total. The molecule has 1 saturated heterocycles. The Balaban J connectivity index is 1.37. The number of ether oxygens (including phenoxy) is 2. The Bertz CT molecular complexity index is 977. The van der Waals surface area contributed by atoms with Gasteiger partial charge in [0.1, 0.15) is 17.6 Å². The molecule has 1 fully saturated rings. The van der Waals surface area contributed by atoms with Crippen LogP contribution in [-0.2, 0) is 11.3 Å². The van der Waals surface area contributed by atoms with E-state index in [0.29, 0.717) is 31.6 Å². The molecule has 2 aromatic carbocycles. The van der Waals surface area contributed by atoms with Crippen LogP contribution in [0.2, 0.25) is 0 Å². The first kappa shape index (κ1) is 22.1. The summed E-state index contributed by atoms with van der Waals surface area (Å²) in [6.45, 7) is 5.62. The lowest BCUT2D eigenvalue weighted by atomic mass is 10.1. The van der Waals surface area contributed by atoms with Crippen LogP contribution in [0, 0.1) is 0 Å². The van der Waals surface area contributed by atoms with Crippen molar-refractivity contribution in [2.24, 2.45) is 0 Å². The quantitative estimate of drug-likeness (QED) is 0.720. The zero-order chi connectivity index (χ0) is 22.5. The minimum absolute atomic E-state index is 0.107. The van der Waals surface area contributed by atoms with Crippen molar-refractivity contribution in [2.45, 2.75) is 38.8 Å². The molecule has 0 aromatic heterocycles. The molecule has 2 aliphatic heterocycles. The lowest BCUT2D eigenvalue weighted by Gasteiger charge is -2.23. The number of anilines is 1. The van der Waals surface area contributed by atoms with Crippen LogP contribution in [0.3, 0.4) is 0 Å². The third-order valence-electron chi connectivity index (χ3n) is 6.08. The number of fused-ring (bicyclic) bond motifs is 1. The number of benzene rings is 2. The molecule has 4 rings (SSSR count). The monoisotopic (exact) mass is 437 g/mol. The van der Waals surface area contributed by atoms with E-state index in [2.05, 4.69) is 17.1 Å². The highest BCUT2D eigenvalue weighted by Gasteiger charge is 2.24. The Hall–Kier alpha value is -3.06. The van der Waals surface area contributed by atoms with Crippen molar-refractivity contribution >= 4 is 17.5 Å². The summed E-state index contributed by atoms with van der Waals surface area (Å²) in [7, 11) is 1.66. The van der Waals surface area contributed by atoms with E-state index in [0.717, 1.165) is 48.7 Å². The molecule has 2 amide bonds. The van der Waals surface area contributed by atoms with Crippen molar-refractivity contribution in [3.05, 3.63) is 53.6 Å². The number of amides is 2. The van der Waals surface area contributed by atoms with E-state index in [1.165, 1.54) is 0 Å². The van der Waals surface area contributed by atoms with Crippen molar-refractivity contribution in [1.82, 2.24) is 10.2 Å². The third-order valence-corrected chi connectivity index (χ3v) is 6.08. The maximum atomic E-state index is 12.7. The molecule has 0 aliphatic carbocycles. The summed E-state index contributed by atoms with van der Waals surface area (Å²) in [5, 5.41) is 3.03. The molecule has 0 saturated carbocycles. The van der Waals surface area contributed by atoms with Crippen LogP contribution in [0.1, 0.15) is 42.1 Å². The number of hydrogen-bond donors (Lipinski definition) is 1. The van der Waals surface area contributed by atoms with Gasteiger partial charge in [0.05, 0.1) is 7.11 Å². The number of nitrogens with zero attached hydrogens (tertiary/aromatic N) is 2. The second-order valence-corrected chi connectivity index (χ2v) is 8.31. The molecule has 2 aliphatic rings. The molecule has 2 heterocycles. The topological polar surface area (TPSA) is 71.1 Å². The molecule has 7 heteroatoms. The Morgan fingerprint density at radius 2 is 2.12 bits per heavy atom. The van der Waals surface area contributed by atoms with E-state index in [1.807, 2.05) is 30.3 Å². The average molecular weight is 438 g/mol. The number of hydrogen-bond acceptors (Lipinski definition) is 5. The lowest BCUT2D eigenvalue weighted by molar-refractivity contribution is -0.117. The Morgan fingerprint density at radius 1 is 1.25 bits per heavy atom. The molecule has 7 nitrogen and oxygen atoms in total. The van der Waals surface area contributed by atoms with E-state index >= 15 is 0 Å². The Labute approximate surface area is 189 Å². The maximum absolute atomic E-state index is 12.7. The highest BCUT2D eigenvalue weighted by molar-refractivity contribution is 5.99. The van der Waals surface area contributed by atoms with Gasteiger partial charge in [-0.05, 0) is 49.2 Å². The molecular formula is C25H31N3O4. The van der Waals surface area contributed by atoms with Crippen LogP contribution in [0.25, 0.3) is 0 Å². The fraction of sp³-hybridized carbons (Fsp3) is 0.440. The van der Waals surface area contributed by atoms with Gasteiger partial charge in [0, 0.05) is 56.0 Å².